The van der Waals surface area contributed by atoms with E-state index in [2.05, 4.69) is 9.88 Å². The number of aldehydes is 1. The molecule has 1 saturated heterocycles. The summed E-state index contributed by atoms with van der Waals surface area (Å²) in [5.74, 6) is 2.92. The van der Waals surface area contributed by atoms with Crippen molar-refractivity contribution in [1.29, 1.82) is 0 Å². The van der Waals surface area contributed by atoms with Gasteiger partial charge in [-0.05, 0) is 12.8 Å². The van der Waals surface area contributed by atoms with Gasteiger partial charge in [-0.2, -0.15) is 11.8 Å². The Morgan fingerprint density at radius 1 is 1.31 bits per heavy atom. The summed E-state index contributed by atoms with van der Waals surface area (Å²) in [7, 11) is 0. The van der Waals surface area contributed by atoms with E-state index in [1.807, 2.05) is 11.8 Å². The largest absolute Gasteiger partial charge is 0.346 e. The maximum atomic E-state index is 11.0. The van der Waals surface area contributed by atoms with Crippen molar-refractivity contribution in [3.8, 4) is 0 Å². The first kappa shape index (κ1) is 10.6. The molecular weight excluding hydrogens is 240 g/mol. The molecule has 0 bridgehead atoms. The average molecular weight is 254 g/mol. The predicted molar refractivity (Wildman–Crippen MR) is 69.0 cm³/mol. The van der Waals surface area contributed by atoms with Gasteiger partial charge in [0.25, 0.3) is 0 Å². The zero-order valence-electron chi connectivity index (χ0n) is 9.02. The van der Waals surface area contributed by atoms with E-state index in [0.717, 1.165) is 35.1 Å². The van der Waals surface area contributed by atoms with E-state index >= 15 is 0 Å². The van der Waals surface area contributed by atoms with E-state index < -0.39 is 0 Å². The SMILES string of the molecule is O=Cc1sc(N2CCSCC2)nc1C1CC1. The van der Waals surface area contributed by atoms with Crippen LogP contribution in [0.15, 0.2) is 0 Å². The van der Waals surface area contributed by atoms with Crippen LogP contribution < -0.4 is 4.90 Å². The topological polar surface area (TPSA) is 33.2 Å². The highest BCUT2D eigenvalue weighted by atomic mass is 32.2. The van der Waals surface area contributed by atoms with Crippen LogP contribution in [-0.2, 0) is 0 Å². The first-order valence-corrected chi connectivity index (χ1v) is 7.64. The molecule has 2 fully saturated rings. The van der Waals surface area contributed by atoms with E-state index in [-0.39, 0.29) is 0 Å². The summed E-state index contributed by atoms with van der Waals surface area (Å²) in [5.41, 5.74) is 1.06. The lowest BCUT2D eigenvalue weighted by Crippen LogP contribution is -2.32. The second kappa shape index (κ2) is 4.37. The molecule has 0 N–H and O–H groups in total. The number of thioether (sulfide) groups is 1. The highest BCUT2D eigenvalue weighted by Crippen LogP contribution is 2.43. The number of rotatable bonds is 3. The number of thiazole rings is 1. The fourth-order valence-corrected chi connectivity index (χ4v) is 3.88. The first-order chi connectivity index (χ1) is 7.88. The Bertz CT molecular complexity index is 395. The fourth-order valence-electron chi connectivity index (χ4n) is 1.96. The van der Waals surface area contributed by atoms with E-state index in [9.17, 15) is 4.79 Å². The van der Waals surface area contributed by atoms with E-state index in [1.165, 1.54) is 24.3 Å². The minimum Gasteiger partial charge on any atom is -0.346 e. The van der Waals surface area contributed by atoms with Gasteiger partial charge in [0.15, 0.2) is 11.4 Å². The minimum atomic E-state index is 0.573. The molecule has 2 aliphatic rings. The molecule has 1 saturated carbocycles. The molecule has 0 radical (unpaired) electrons. The molecule has 0 spiro atoms. The lowest BCUT2D eigenvalue weighted by atomic mass is 10.3. The highest BCUT2D eigenvalue weighted by Gasteiger charge is 2.30. The van der Waals surface area contributed by atoms with Gasteiger partial charge >= 0.3 is 0 Å². The summed E-state index contributed by atoms with van der Waals surface area (Å²) in [4.78, 5) is 18.9. The van der Waals surface area contributed by atoms with Crippen LogP contribution in [0, 0.1) is 0 Å². The van der Waals surface area contributed by atoms with Crippen LogP contribution in [0.25, 0.3) is 0 Å². The molecule has 1 aliphatic carbocycles. The van der Waals surface area contributed by atoms with Gasteiger partial charge in [0.2, 0.25) is 0 Å². The predicted octanol–water partition coefficient (Wildman–Crippen LogP) is 2.39. The lowest BCUT2D eigenvalue weighted by Gasteiger charge is -2.25. The molecule has 0 aromatic carbocycles. The third kappa shape index (κ3) is 1.98. The first-order valence-electron chi connectivity index (χ1n) is 5.67. The molecule has 86 valence electrons. The summed E-state index contributed by atoms with van der Waals surface area (Å²) in [6.07, 6.45) is 3.40. The number of hydrogen-bond donors (Lipinski definition) is 0. The van der Waals surface area contributed by atoms with Crippen molar-refractivity contribution >= 4 is 34.5 Å². The Kier molecular flexibility index (Phi) is 2.90. The lowest BCUT2D eigenvalue weighted by molar-refractivity contribution is 0.112. The van der Waals surface area contributed by atoms with Crippen molar-refractivity contribution in [2.75, 3.05) is 29.5 Å². The van der Waals surface area contributed by atoms with Crippen LogP contribution in [0.3, 0.4) is 0 Å². The molecule has 0 atom stereocenters. The molecule has 1 aromatic rings. The van der Waals surface area contributed by atoms with Gasteiger partial charge in [-0.3, -0.25) is 4.79 Å². The zero-order valence-corrected chi connectivity index (χ0v) is 10.6. The monoisotopic (exact) mass is 254 g/mol. The molecule has 2 heterocycles. The van der Waals surface area contributed by atoms with Crippen LogP contribution in [0.4, 0.5) is 5.13 Å². The van der Waals surface area contributed by atoms with E-state index in [0.29, 0.717) is 5.92 Å². The Morgan fingerprint density at radius 2 is 2.06 bits per heavy atom. The molecule has 1 aliphatic heterocycles. The van der Waals surface area contributed by atoms with Gasteiger partial charge in [0, 0.05) is 30.5 Å². The highest BCUT2D eigenvalue weighted by molar-refractivity contribution is 7.99. The van der Waals surface area contributed by atoms with Crippen molar-refractivity contribution < 1.29 is 4.79 Å². The number of nitrogens with zero attached hydrogens (tertiary/aromatic N) is 2. The number of carbonyl (C=O) groups excluding carboxylic acids is 1. The molecule has 1 aromatic heterocycles. The molecule has 3 nitrogen and oxygen atoms in total. The second-order valence-corrected chi connectivity index (χ2v) is 6.47. The fraction of sp³-hybridized carbons (Fsp3) is 0.636. The van der Waals surface area contributed by atoms with Crippen molar-refractivity contribution in [2.24, 2.45) is 0 Å². The molecule has 16 heavy (non-hydrogen) atoms. The van der Waals surface area contributed by atoms with E-state index in [4.69, 9.17) is 0 Å². The Morgan fingerprint density at radius 3 is 2.69 bits per heavy atom. The molecule has 0 unspecified atom stereocenters. The summed E-state index contributed by atoms with van der Waals surface area (Å²) in [5, 5.41) is 1.06. The van der Waals surface area contributed by atoms with E-state index in [1.54, 1.807) is 11.3 Å². The molecule has 5 heteroatoms. The van der Waals surface area contributed by atoms with Crippen molar-refractivity contribution in [3.05, 3.63) is 10.6 Å². The van der Waals surface area contributed by atoms with Crippen LogP contribution in [0.1, 0.15) is 34.1 Å². The van der Waals surface area contributed by atoms with Crippen LogP contribution in [0.2, 0.25) is 0 Å². The van der Waals surface area contributed by atoms with Gasteiger partial charge in [-0.25, -0.2) is 4.98 Å². The summed E-state index contributed by atoms with van der Waals surface area (Å²) in [6, 6.07) is 0. The summed E-state index contributed by atoms with van der Waals surface area (Å²) in [6.45, 7) is 2.14. The van der Waals surface area contributed by atoms with Crippen molar-refractivity contribution in [3.63, 3.8) is 0 Å². The minimum absolute atomic E-state index is 0.573. The van der Waals surface area contributed by atoms with Gasteiger partial charge in [-0.1, -0.05) is 11.3 Å². The Hall–Kier alpha value is -0.550. The smallest absolute Gasteiger partial charge is 0.186 e. The molecule has 0 amide bonds. The summed E-state index contributed by atoms with van der Waals surface area (Å²) < 4.78 is 0. The number of hydrogen-bond acceptors (Lipinski definition) is 5. The van der Waals surface area contributed by atoms with Crippen LogP contribution in [-0.4, -0.2) is 35.9 Å². The number of carbonyl (C=O) groups is 1. The average Bonchev–Trinajstić information content (AvgIpc) is 3.10. The number of anilines is 1. The van der Waals surface area contributed by atoms with Crippen LogP contribution in [0.5, 0.6) is 0 Å². The standard InChI is InChI=1S/C11H14N2OS2/c14-7-9-10(8-1-2-8)12-11(16-9)13-3-5-15-6-4-13/h7-8H,1-6H2. The number of aromatic nitrogens is 1. The third-order valence-electron chi connectivity index (χ3n) is 3.02. The van der Waals surface area contributed by atoms with Gasteiger partial charge in [-0.15, -0.1) is 0 Å². The Labute approximate surface area is 103 Å². The zero-order chi connectivity index (χ0) is 11.0. The van der Waals surface area contributed by atoms with Crippen LogP contribution >= 0.6 is 23.1 Å². The van der Waals surface area contributed by atoms with Gasteiger partial charge < -0.3 is 4.90 Å². The molecular formula is C11H14N2OS2. The maximum absolute atomic E-state index is 11.0. The van der Waals surface area contributed by atoms with Gasteiger partial charge in [0.05, 0.1) is 10.6 Å². The third-order valence-corrected chi connectivity index (χ3v) is 5.02. The normalized spacial score (nSPS) is 21.1. The van der Waals surface area contributed by atoms with Crippen molar-refractivity contribution in [2.45, 2.75) is 18.8 Å². The Balaban J connectivity index is 1.85. The second-order valence-electron chi connectivity index (χ2n) is 4.24. The maximum Gasteiger partial charge on any atom is 0.186 e. The summed E-state index contributed by atoms with van der Waals surface area (Å²) >= 11 is 3.57. The van der Waals surface area contributed by atoms with Crippen molar-refractivity contribution in [1.82, 2.24) is 4.98 Å². The quantitative estimate of drug-likeness (QED) is 0.775. The molecule has 3 rings (SSSR count). The van der Waals surface area contributed by atoms with Gasteiger partial charge in [0.1, 0.15) is 0 Å².